The van der Waals surface area contributed by atoms with Gasteiger partial charge in [-0.2, -0.15) is 0 Å². The first-order chi connectivity index (χ1) is 5.91. The van der Waals surface area contributed by atoms with Gasteiger partial charge in [-0.1, -0.05) is 43.3 Å². The van der Waals surface area contributed by atoms with Crippen molar-refractivity contribution in [1.29, 1.82) is 0 Å². The van der Waals surface area contributed by atoms with E-state index in [1.54, 1.807) is 0 Å². The Labute approximate surface area is 75.5 Å². The molecule has 0 bridgehead atoms. The van der Waals surface area contributed by atoms with Crippen LogP contribution in [0.15, 0.2) is 36.4 Å². The summed E-state index contributed by atoms with van der Waals surface area (Å²) in [7, 11) is -0.335. The van der Waals surface area contributed by atoms with Gasteiger partial charge in [0.1, 0.15) is 0 Å². The molecule has 0 radical (unpaired) electrons. The van der Waals surface area contributed by atoms with E-state index in [0.29, 0.717) is 6.61 Å². The zero-order valence-corrected chi connectivity index (χ0v) is 8.23. The lowest BCUT2D eigenvalue weighted by Crippen LogP contribution is -1.77. The zero-order valence-electron chi connectivity index (χ0n) is 7.23. The SMILES string of the molecule is CCCOPO.c1ccccc1. The molecule has 0 aliphatic carbocycles. The largest absolute Gasteiger partial charge is 0.352 e. The van der Waals surface area contributed by atoms with E-state index < -0.39 is 0 Å². The highest BCUT2D eigenvalue weighted by molar-refractivity contribution is 7.24. The predicted octanol–water partition coefficient (Wildman–Crippen LogP) is 2.60. The normalized spacial score (nSPS) is 9.50. The van der Waals surface area contributed by atoms with Crippen molar-refractivity contribution in [2.75, 3.05) is 6.61 Å². The molecule has 1 aromatic carbocycles. The van der Waals surface area contributed by atoms with Crippen LogP contribution in [0.3, 0.4) is 0 Å². The van der Waals surface area contributed by atoms with Crippen molar-refractivity contribution in [3.8, 4) is 0 Å². The highest BCUT2D eigenvalue weighted by Crippen LogP contribution is 2.01. The summed E-state index contributed by atoms with van der Waals surface area (Å²) in [6.45, 7) is 2.68. The van der Waals surface area contributed by atoms with E-state index in [9.17, 15) is 0 Å². The molecule has 0 heterocycles. The molecular formula is C9H15O2P. The third kappa shape index (κ3) is 9.57. The van der Waals surface area contributed by atoms with Gasteiger partial charge in [0.25, 0.3) is 0 Å². The van der Waals surface area contributed by atoms with Gasteiger partial charge in [0.15, 0.2) is 9.03 Å². The van der Waals surface area contributed by atoms with Gasteiger partial charge in [-0.3, -0.25) is 0 Å². The van der Waals surface area contributed by atoms with E-state index >= 15 is 0 Å². The van der Waals surface area contributed by atoms with Gasteiger partial charge in [0, 0.05) is 0 Å². The molecule has 1 unspecified atom stereocenters. The fraction of sp³-hybridized carbons (Fsp3) is 0.333. The van der Waals surface area contributed by atoms with Crippen LogP contribution in [-0.2, 0) is 4.52 Å². The second-order valence-electron chi connectivity index (χ2n) is 2.09. The third-order valence-electron chi connectivity index (χ3n) is 1.04. The molecular weight excluding hydrogens is 171 g/mol. The minimum Gasteiger partial charge on any atom is -0.352 e. The highest BCUT2D eigenvalue weighted by Gasteiger charge is 1.74. The number of rotatable bonds is 3. The molecule has 2 nitrogen and oxygen atoms in total. The van der Waals surface area contributed by atoms with Gasteiger partial charge in [-0.25, -0.2) is 0 Å². The molecule has 1 N–H and O–H groups in total. The van der Waals surface area contributed by atoms with Crippen LogP contribution in [0.4, 0.5) is 0 Å². The first-order valence-corrected chi connectivity index (χ1v) is 4.78. The summed E-state index contributed by atoms with van der Waals surface area (Å²) in [6, 6.07) is 12.0. The van der Waals surface area contributed by atoms with E-state index in [1.807, 2.05) is 43.3 Å². The van der Waals surface area contributed by atoms with Crippen molar-refractivity contribution in [2.45, 2.75) is 13.3 Å². The minimum atomic E-state index is -0.335. The van der Waals surface area contributed by atoms with Crippen LogP contribution in [-0.4, -0.2) is 11.5 Å². The van der Waals surface area contributed by atoms with Crippen molar-refractivity contribution in [3.05, 3.63) is 36.4 Å². The summed E-state index contributed by atoms with van der Waals surface area (Å²) in [4.78, 5) is 8.00. The summed E-state index contributed by atoms with van der Waals surface area (Å²) in [5.74, 6) is 0. The first-order valence-electron chi connectivity index (χ1n) is 3.92. The van der Waals surface area contributed by atoms with Crippen molar-refractivity contribution < 1.29 is 9.42 Å². The van der Waals surface area contributed by atoms with E-state index in [2.05, 4.69) is 4.52 Å². The molecule has 0 saturated carbocycles. The Morgan fingerprint density at radius 1 is 1.08 bits per heavy atom. The van der Waals surface area contributed by atoms with E-state index in [1.165, 1.54) is 0 Å². The summed E-state index contributed by atoms with van der Waals surface area (Å²) in [5, 5.41) is 0. The molecule has 1 rings (SSSR count). The smallest absolute Gasteiger partial charge is 0.152 e. The van der Waals surface area contributed by atoms with Gasteiger partial charge in [0.2, 0.25) is 0 Å². The molecule has 3 heteroatoms. The molecule has 12 heavy (non-hydrogen) atoms. The molecule has 1 aromatic rings. The van der Waals surface area contributed by atoms with Crippen LogP contribution in [0.5, 0.6) is 0 Å². The maximum atomic E-state index is 8.00. The molecule has 0 aliphatic rings. The molecule has 68 valence electrons. The maximum absolute atomic E-state index is 8.00. The van der Waals surface area contributed by atoms with E-state index in [4.69, 9.17) is 4.89 Å². The highest BCUT2D eigenvalue weighted by atomic mass is 31.1. The van der Waals surface area contributed by atoms with Gasteiger partial charge < -0.3 is 9.42 Å². The standard InChI is InChI=1S/C6H6.C3H9O2P/c1-2-4-6-5-3-1;1-2-3-5-6-4/h1-6H;4,6H,2-3H2,1H3. The Morgan fingerprint density at radius 3 is 1.67 bits per heavy atom. The Hall–Kier alpha value is -0.430. The number of benzene rings is 1. The van der Waals surface area contributed by atoms with E-state index in [-0.39, 0.29) is 9.03 Å². The summed E-state index contributed by atoms with van der Waals surface area (Å²) >= 11 is 0. The van der Waals surface area contributed by atoms with Crippen LogP contribution < -0.4 is 0 Å². The third-order valence-corrected chi connectivity index (χ3v) is 1.37. The monoisotopic (exact) mass is 186 g/mol. The molecule has 0 aromatic heterocycles. The van der Waals surface area contributed by atoms with Crippen molar-refractivity contribution >= 4 is 9.03 Å². The van der Waals surface area contributed by atoms with Crippen LogP contribution in [0, 0.1) is 0 Å². The Kier molecular flexibility index (Phi) is 10.2. The second kappa shape index (κ2) is 10.6. The van der Waals surface area contributed by atoms with Crippen LogP contribution in [0.25, 0.3) is 0 Å². The zero-order chi connectivity index (χ0) is 9.07. The number of hydrogen-bond donors (Lipinski definition) is 1. The lowest BCUT2D eigenvalue weighted by atomic mass is 10.4. The molecule has 0 saturated heterocycles. The van der Waals surface area contributed by atoms with Gasteiger partial charge in [-0.15, -0.1) is 0 Å². The van der Waals surface area contributed by atoms with E-state index in [0.717, 1.165) is 6.42 Å². The maximum Gasteiger partial charge on any atom is 0.152 e. The molecule has 0 amide bonds. The van der Waals surface area contributed by atoms with Crippen LogP contribution >= 0.6 is 9.03 Å². The van der Waals surface area contributed by atoms with Crippen LogP contribution in [0.1, 0.15) is 13.3 Å². The lowest BCUT2D eigenvalue weighted by molar-refractivity contribution is 0.326. The van der Waals surface area contributed by atoms with Gasteiger partial charge >= 0.3 is 0 Å². The predicted molar refractivity (Wildman–Crippen MR) is 53.2 cm³/mol. The first kappa shape index (κ1) is 11.6. The summed E-state index contributed by atoms with van der Waals surface area (Å²) in [5.41, 5.74) is 0. The van der Waals surface area contributed by atoms with Crippen molar-refractivity contribution in [1.82, 2.24) is 0 Å². The fourth-order valence-corrected chi connectivity index (χ4v) is 0.828. The lowest BCUT2D eigenvalue weighted by Gasteiger charge is -1.89. The second-order valence-corrected chi connectivity index (χ2v) is 2.57. The van der Waals surface area contributed by atoms with Gasteiger partial charge in [0.05, 0.1) is 6.61 Å². The molecule has 0 aliphatic heterocycles. The Bertz CT molecular complexity index is 125. The quantitative estimate of drug-likeness (QED) is 0.580. The molecule has 0 fully saturated rings. The number of hydrogen-bond acceptors (Lipinski definition) is 2. The van der Waals surface area contributed by atoms with Gasteiger partial charge in [-0.05, 0) is 6.42 Å². The van der Waals surface area contributed by atoms with Crippen molar-refractivity contribution in [3.63, 3.8) is 0 Å². The van der Waals surface area contributed by atoms with Crippen LogP contribution in [0.2, 0.25) is 0 Å². The minimum absolute atomic E-state index is 0.335. The van der Waals surface area contributed by atoms with Crippen molar-refractivity contribution in [2.24, 2.45) is 0 Å². The Morgan fingerprint density at radius 2 is 1.50 bits per heavy atom. The topological polar surface area (TPSA) is 29.5 Å². The average molecular weight is 186 g/mol. The summed E-state index contributed by atoms with van der Waals surface area (Å²) in [6.07, 6.45) is 0.980. The fourth-order valence-electron chi connectivity index (χ4n) is 0.533. The molecule has 0 spiro atoms. The Balaban J connectivity index is 0.000000202. The average Bonchev–Trinajstić information content (AvgIpc) is 2.18. The molecule has 1 atom stereocenters. The summed E-state index contributed by atoms with van der Waals surface area (Å²) < 4.78 is 4.57.